The van der Waals surface area contributed by atoms with Crippen LogP contribution in [0.5, 0.6) is 5.75 Å². The average Bonchev–Trinajstić information content (AvgIpc) is 2.16. The fourth-order valence-electron chi connectivity index (χ4n) is 1.08. The maximum atomic E-state index is 10.4. The van der Waals surface area contributed by atoms with Gasteiger partial charge in [-0.15, -0.1) is 4.91 Å². The molecular weight excluding hydrogens is 186 g/mol. The highest BCUT2D eigenvalue weighted by atomic mass is 16.5. The van der Waals surface area contributed by atoms with E-state index in [9.17, 15) is 9.70 Å². The highest BCUT2D eigenvalue weighted by molar-refractivity contribution is 5.71. The highest BCUT2D eigenvalue weighted by Gasteiger charge is 2.06. The zero-order valence-electron chi connectivity index (χ0n) is 7.56. The van der Waals surface area contributed by atoms with Crippen molar-refractivity contribution < 1.29 is 14.6 Å². The lowest BCUT2D eigenvalue weighted by atomic mass is 10.1. The number of aliphatic carboxylic acids is 1. The Labute approximate surface area is 80.3 Å². The standard InChI is InChI=1S/C9H9NO4/c1-14-8-4-6(5-9(11)12)2-3-7(8)10-13/h2-4H,5H2,1H3,(H,11,12). The van der Waals surface area contributed by atoms with Gasteiger partial charge in [0.05, 0.1) is 13.5 Å². The monoisotopic (exact) mass is 195 g/mol. The van der Waals surface area contributed by atoms with Crippen LogP contribution >= 0.6 is 0 Å². The van der Waals surface area contributed by atoms with Crippen molar-refractivity contribution in [2.24, 2.45) is 5.18 Å². The minimum Gasteiger partial charge on any atom is -0.494 e. The number of nitroso groups, excluding NO2 is 1. The molecule has 0 aliphatic heterocycles. The molecule has 0 bridgehead atoms. The molecule has 0 radical (unpaired) electrons. The Hall–Kier alpha value is -1.91. The molecule has 5 nitrogen and oxygen atoms in total. The van der Waals surface area contributed by atoms with E-state index in [4.69, 9.17) is 9.84 Å². The normalized spacial score (nSPS) is 9.50. The van der Waals surface area contributed by atoms with Gasteiger partial charge >= 0.3 is 5.97 Å². The molecule has 1 aromatic carbocycles. The molecular formula is C9H9NO4. The van der Waals surface area contributed by atoms with Crippen LogP contribution in [-0.2, 0) is 11.2 Å². The van der Waals surface area contributed by atoms with Crippen LogP contribution in [0, 0.1) is 4.91 Å². The van der Waals surface area contributed by atoms with Crippen molar-refractivity contribution >= 4 is 11.7 Å². The molecule has 0 aliphatic rings. The van der Waals surface area contributed by atoms with Gasteiger partial charge in [0.15, 0.2) is 0 Å². The maximum absolute atomic E-state index is 10.4. The summed E-state index contributed by atoms with van der Waals surface area (Å²) < 4.78 is 4.87. The lowest BCUT2D eigenvalue weighted by Gasteiger charge is -2.03. The van der Waals surface area contributed by atoms with E-state index in [0.29, 0.717) is 11.3 Å². The highest BCUT2D eigenvalue weighted by Crippen LogP contribution is 2.27. The van der Waals surface area contributed by atoms with Gasteiger partial charge in [-0.05, 0) is 22.9 Å². The Morgan fingerprint density at radius 3 is 2.79 bits per heavy atom. The molecule has 0 aliphatic carbocycles. The molecule has 1 aromatic rings. The number of rotatable bonds is 4. The van der Waals surface area contributed by atoms with Gasteiger partial charge in [-0.3, -0.25) is 4.79 Å². The number of benzene rings is 1. The molecule has 0 amide bonds. The van der Waals surface area contributed by atoms with Crippen molar-refractivity contribution in [3.05, 3.63) is 28.7 Å². The Morgan fingerprint density at radius 2 is 2.29 bits per heavy atom. The molecule has 0 atom stereocenters. The molecule has 0 heterocycles. The van der Waals surface area contributed by atoms with E-state index < -0.39 is 5.97 Å². The first-order valence-corrected chi connectivity index (χ1v) is 3.89. The smallest absolute Gasteiger partial charge is 0.307 e. The second-order valence-corrected chi connectivity index (χ2v) is 2.67. The van der Waals surface area contributed by atoms with Gasteiger partial charge in [0.1, 0.15) is 11.4 Å². The first-order valence-electron chi connectivity index (χ1n) is 3.89. The number of nitrogens with zero attached hydrogens (tertiary/aromatic N) is 1. The average molecular weight is 195 g/mol. The molecule has 0 spiro atoms. The predicted molar refractivity (Wildman–Crippen MR) is 49.8 cm³/mol. The second-order valence-electron chi connectivity index (χ2n) is 2.67. The zero-order chi connectivity index (χ0) is 10.6. The van der Waals surface area contributed by atoms with Gasteiger partial charge in [0, 0.05) is 0 Å². The Morgan fingerprint density at radius 1 is 1.57 bits per heavy atom. The molecule has 5 heteroatoms. The van der Waals surface area contributed by atoms with E-state index in [1.807, 2.05) is 0 Å². The van der Waals surface area contributed by atoms with E-state index in [1.54, 1.807) is 0 Å². The van der Waals surface area contributed by atoms with Crippen LogP contribution in [0.25, 0.3) is 0 Å². The van der Waals surface area contributed by atoms with Crippen LogP contribution in [0.1, 0.15) is 5.56 Å². The van der Waals surface area contributed by atoms with Crippen molar-refractivity contribution in [2.75, 3.05) is 7.11 Å². The van der Waals surface area contributed by atoms with Crippen molar-refractivity contribution in [1.29, 1.82) is 0 Å². The van der Waals surface area contributed by atoms with E-state index in [2.05, 4.69) is 5.18 Å². The topological polar surface area (TPSA) is 76.0 Å². The Bertz CT molecular complexity index is 362. The predicted octanol–water partition coefficient (Wildman–Crippen LogP) is 1.72. The maximum Gasteiger partial charge on any atom is 0.307 e. The summed E-state index contributed by atoms with van der Waals surface area (Å²) in [5, 5.41) is 11.3. The third-order valence-corrected chi connectivity index (χ3v) is 1.70. The number of hydrogen-bond acceptors (Lipinski definition) is 4. The lowest BCUT2D eigenvalue weighted by Crippen LogP contribution is -2.00. The fraction of sp³-hybridized carbons (Fsp3) is 0.222. The number of carboxylic acid groups (broad SMARTS) is 1. The number of methoxy groups -OCH3 is 1. The SMILES string of the molecule is COc1cc(CC(=O)O)ccc1N=O. The van der Waals surface area contributed by atoms with Gasteiger partial charge in [-0.1, -0.05) is 6.07 Å². The summed E-state index contributed by atoms with van der Waals surface area (Å²) in [6.07, 6.45) is -0.102. The molecule has 0 fully saturated rings. The van der Waals surface area contributed by atoms with E-state index in [-0.39, 0.29) is 12.1 Å². The number of hydrogen-bond donors (Lipinski definition) is 1. The summed E-state index contributed by atoms with van der Waals surface area (Å²) >= 11 is 0. The summed E-state index contributed by atoms with van der Waals surface area (Å²) in [5.41, 5.74) is 0.739. The zero-order valence-corrected chi connectivity index (χ0v) is 7.56. The van der Waals surface area contributed by atoms with Gasteiger partial charge in [0.25, 0.3) is 0 Å². The molecule has 14 heavy (non-hydrogen) atoms. The van der Waals surface area contributed by atoms with Crippen molar-refractivity contribution in [3.8, 4) is 5.75 Å². The molecule has 1 N–H and O–H groups in total. The molecule has 0 unspecified atom stereocenters. The van der Waals surface area contributed by atoms with Crippen molar-refractivity contribution in [3.63, 3.8) is 0 Å². The minimum atomic E-state index is -0.932. The molecule has 0 aromatic heterocycles. The number of carbonyl (C=O) groups is 1. The fourth-order valence-corrected chi connectivity index (χ4v) is 1.08. The summed E-state index contributed by atoms with van der Waals surface area (Å²) in [4.78, 5) is 20.7. The quantitative estimate of drug-likeness (QED) is 0.742. The Kier molecular flexibility index (Phi) is 3.17. The van der Waals surface area contributed by atoms with Crippen LogP contribution in [0.4, 0.5) is 5.69 Å². The largest absolute Gasteiger partial charge is 0.494 e. The molecule has 1 rings (SSSR count). The van der Waals surface area contributed by atoms with Gasteiger partial charge < -0.3 is 9.84 Å². The van der Waals surface area contributed by atoms with Crippen LogP contribution in [0.3, 0.4) is 0 Å². The third-order valence-electron chi connectivity index (χ3n) is 1.70. The number of ether oxygens (including phenoxy) is 1. The summed E-state index contributed by atoms with van der Waals surface area (Å²) in [6.45, 7) is 0. The number of carboxylic acids is 1. The van der Waals surface area contributed by atoms with Crippen LogP contribution in [0.2, 0.25) is 0 Å². The third kappa shape index (κ3) is 2.29. The molecule has 0 saturated carbocycles. The van der Waals surface area contributed by atoms with Gasteiger partial charge in [-0.2, -0.15) is 0 Å². The van der Waals surface area contributed by atoms with Gasteiger partial charge in [0.2, 0.25) is 0 Å². The first kappa shape index (κ1) is 10.2. The van der Waals surface area contributed by atoms with E-state index in [1.165, 1.54) is 25.3 Å². The van der Waals surface area contributed by atoms with Crippen LogP contribution in [0.15, 0.2) is 23.4 Å². The summed E-state index contributed by atoms with van der Waals surface area (Å²) in [5.74, 6) is -0.641. The molecule has 0 saturated heterocycles. The lowest BCUT2D eigenvalue weighted by molar-refractivity contribution is -0.136. The minimum absolute atomic E-state index is 0.102. The summed E-state index contributed by atoms with van der Waals surface area (Å²) in [6, 6.07) is 4.46. The second kappa shape index (κ2) is 4.36. The van der Waals surface area contributed by atoms with Crippen molar-refractivity contribution in [2.45, 2.75) is 6.42 Å². The van der Waals surface area contributed by atoms with E-state index >= 15 is 0 Å². The summed E-state index contributed by atoms with van der Waals surface area (Å²) in [7, 11) is 1.40. The van der Waals surface area contributed by atoms with E-state index in [0.717, 1.165) is 0 Å². The molecule has 74 valence electrons. The van der Waals surface area contributed by atoms with Crippen LogP contribution in [-0.4, -0.2) is 18.2 Å². The van der Waals surface area contributed by atoms with Gasteiger partial charge in [-0.25, -0.2) is 0 Å². The van der Waals surface area contributed by atoms with Crippen LogP contribution < -0.4 is 4.74 Å². The Balaban J connectivity index is 3.01. The first-order chi connectivity index (χ1) is 6.67. The van der Waals surface area contributed by atoms with Crippen molar-refractivity contribution in [1.82, 2.24) is 0 Å².